The predicted molar refractivity (Wildman–Crippen MR) is 88.1 cm³/mol. The highest BCUT2D eigenvalue weighted by Crippen LogP contribution is 2.32. The van der Waals surface area contributed by atoms with Crippen LogP contribution in [0.1, 0.15) is 6.92 Å². The molecule has 0 unspecified atom stereocenters. The van der Waals surface area contributed by atoms with Crippen molar-refractivity contribution in [3.8, 4) is 0 Å². The first-order valence-electron chi connectivity index (χ1n) is 6.20. The van der Waals surface area contributed by atoms with Gasteiger partial charge in [-0.1, -0.05) is 34.8 Å². The third-order valence-corrected chi connectivity index (χ3v) is 5.77. The number of rotatable bonds is 4. The molecule has 0 amide bonds. The van der Waals surface area contributed by atoms with Gasteiger partial charge in [0.1, 0.15) is 10.7 Å². The molecule has 0 aromatic heterocycles. The quantitative estimate of drug-likeness (QED) is 0.746. The van der Waals surface area contributed by atoms with E-state index in [9.17, 15) is 12.8 Å². The molecule has 0 saturated heterocycles. The molecule has 0 saturated carbocycles. The van der Waals surface area contributed by atoms with Crippen molar-refractivity contribution in [2.75, 3.05) is 10.8 Å². The van der Waals surface area contributed by atoms with Crippen molar-refractivity contribution in [2.45, 2.75) is 11.8 Å². The van der Waals surface area contributed by atoms with E-state index in [1.165, 1.54) is 30.3 Å². The largest absolute Gasteiger partial charge is 0.265 e. The monoisotopic (exact) mass is 381 g/mol. The van der Waals surface area contributed by atoms with Crippen molar-refractivity contribution in [2.24, 2.45) is 0 Å². The van der Waals surface area contributed by atoms with Gasteiger partial charge < -0.3 is 0 Å². The average Bonchev–Trinajstić information content (AvgIpc) is 2.44. The van der Waals surface area contributed by atoms with Crippen LogP contribution < -0.4 is 4.31 Å². The van der Waals surface area contributed by atoms with E-state index in [4.69, 9.17) is 34.8 Å². The van der Waals surface area contributed by atoms with Crippen LogP contribution in [0.3, 0.4) is 0 Å². The van der Waals surface area contributed by atoms with Crippen molar-refractivity contribution in [3.63, 3.8) is 0 Å². The van der Waals surface area contributed by atoms with E-state index in [1.807, 2.05) is 0 Å². The summed E-state index contributed by atoms with van der Waals surface area (Å²) in [5, 5.41) is 0.406. The molecule has 0 fully saturated rings. The summed E-state index contributed by atoms with van der Waals surface area (Å²) in [5.41, 5.74) is -0.108. The molecule has 0 aliphatic carbocycles. The highest BCUT2D eigenvalue weighted by atomic mass is 35.5. The molecule has 0 atom stereocenters. The number of hydrogen-bond acceptors (Lipinski definition) is 2. The van der Waals surface area contributed by atoms with Gasteiger partial charge in [-0.3, -0.25) is 4.31 Å². The normalized spacial score (nSPS) is 11.5. The smallest absolute Gasteiger partial charge is 0.264 e. The van der Waals surface area contributed by atoms with Gasteiger partial charge >= 0.3 is 0 Å². The maximum absolute atomic E-state index is 14.1. The SMILES string of the molecule is CCN(c1ccc(Cl)cc1F)S(=O)(=O)c1cc(Cl)ccc1Cl. The molecular formula is C14H11Cl3FNO2S. The Kier molecular flexibility index (Phi) is 5.22. The zero-order valence-corrected chi connectivity index (χ0v) is 14.4. The third kappa shape index (κ3) is 3.33. The third-order valence-electron chi connectivity index (χ3n) is 2.93. The lowest BCUT2D eigenvalue weighted by Gasteiger charge is -2.24. The zero-order chi connectivity index (χ0) is 16.5. The molecule has 0 aliphatic heterocycles. The number of hydrogen-bond donors (Lipinski definition) is 0. The molecule has 22 heavy (non-hydrogen) atoms. The summed E-state index contributed by atoms with van der Waals surface area (Å²) >= 11 is 17.5. The Bertz CT molecular complexity index is 812. The summed E-state index contributed by atoms with van der Waals surface area (Å²) in [6.45, 7) is 1.60. The topological polar surface area (TPSA) is 37.4 Å². The van der Waals surface area contributed by atoms with Crippen molar-refractivity contribution in [1.82, 2.24) is 0 Å². The van der Waals surface area contributed by atoms with Crippen molar-refractivity contribution < 1.29 is 12.8 Å². The Morgan fingerprint density at radius 2 is 1.64 bits per heavy atom. The number of sulfonamides is 1. The Hall–Kier alpha value is -1.01. The van der Waals surface area contributed by atoms with E-state index in [0.29, 0.717) is 0 Å². The van der Waals surface area contributed by atoms with Crippen LogP contribution in [0.25, 0.3) is 0 Å². The van der Waals surface area contributed by atoms with Crippen LogP contribution >= 0.6 is 34.8 Å². The zero-order valence-electron chi connectivity index (χ0n) is 11.4. The first-order chi connectivity index (χ1) is 10.3. The first-order valence-corrected chi connectivity index (χ1v) is 8.77. The van der Waals surface area contributed by atoms with Gasteiger partial charge in [-0.2, -0.15) is 0 Å². The second-order valence-corrected chi connectivity index (χ2v) is 7.45. The minimum absolute atomic E-state index is 0.0113. The molecule has 0 aliphatic rings. The summed E-state index contributed by atoms with van der Waals surface area (Å²) in [4.78, 5) is -0.183. The maximum atomic E-state index is 14.1. The van der Waals surface area contributed by atoms with Gasteiger partial charge in [0.15, 0.2) is 0 Å². The fourth-order valence-corrected chi connectivity index (χ4v) is 4.33. The number of nitrogens with zero attached hydrogens (tertiary/aromatic N) is 1. The Balaban J connectivity index is 2.61. The van der Waals surface area contributed by atoms with Crippen LogP contribution in [-0.2, 0) is 10.0 Å². The standard InChI is InChI=1S/C14H11Cl3FNO2S/c1-2-19(13-6-4-9(15)7-12(13)18)22(20,21)14-8-10(16)3-5-11(14)17/h3-8H,2H2,1H3. The highest BCUT2D eigenvalue weighted by Gasteiger charge is 2.28. The fourth-order valence-electron chi connectivity index (χ4n) is 1.95. The second-order valence-electron chi connectivity index (χ2n) is 4.34. The van der Waals surface area contributed by atoms with Crippen molar-refractivity contribution >= 4 is 50.5 Å². The van der Waals surface area contributed by atoms with E-state index < -0.39 is 15.8 Å². The van der Waals surface area contributed by atoms with E-state index in [2.05, 4.69) is 0 Å². The lowest BCUT2D eigenvalue weighted by atomic mass is 10.3. The fraction of sp³-hybridized carbons (Fsp3) is 0.143. The van der Waals surface area contributed by atoms with Gasteiger partial charge in [0.2, 0.25) is 0 Å². The van der Waals surface area contributed by atoms with Gasteiger partial charge in [-0.15, -0.1) is 0 Å². The summed E-state index contributed by atoms with van der Waals surface area (Å²) in [6.07, 6.45) is 0. The van der Waals surface area contributed by atoms with Gasteiger partial charge in [0, 0.05) is 16.6 Å². The van der Waals surface area contributed by atoms with Crippen LogP contribution in [0.2, 0.25) is 15.1 Å². The van der Waals surface area contributed by atoms with E-state index >= 15 is 0 Å². The molecule has 2 rings (SSSR count). The van der Waals surface area contributed by atoms with Crippen LogP contribution in [-0.4, -0.2) is 15.0 Å². The molecule has 0 N–H and O–H groups in total. The molecule has 2 aromatic carbocycles. The number of benzene rings is 2. The molecule has 2 aromatic rings. The summed E-state index contributed by atoms with van der Waals surface area (Å²) in [5.74, 6) is -0.740. The summed E-state index contributed by atoms with van der Waals surface area (Å²) < 4.78 is 40.5. The average molecular weight is 383 g/mol. The lowest BCUT2D eigenvalue weighted by molar-refractivity contribution is 0.586. The maximum Gasteiger partial charge on any atom is 0.265 e. The molecule has 0 heterocycles. The van der Waals surface area contributed by atoms with Crippen LogP contribution in [0.15, 0.2) is 41.3 Å². The Labute approximate surface area is 143 Å². The Morgan fingerprint density at radius 3 is 2.23 bits per heavy atom. The minimum atomic E-state index is -4.06. The Morgan fingerprint density at radius 1 is 1.05 bits per heavy atom. The number of halogens is 4. The molecule has 8 heteroatoms. The van der Waals surface area contributed by atoms with E-state index in [1.54, 1.807) is 6.92 Å². The van der Waals surface area contributed by atoms with Crippen molar-refractivity contribution in [3.05, 3.63) is 57.3 Å². The number of anilines is 1. The summed E-state index contributed by atoms with van der Waals surface area (Å²) in [6, 6.07) is 7.85. The highest BCUT2D eigenvalue weighted by molar-refractivity contribution is 7.93. The van der Waals surface area contributed by atoms with E-state index in [-0.39, 0.29) is 32.2 Å². The second kappa shape index (κ2) is 6.62. The first kappa shape index (κ1) is 17.3. The van der Waals surface area contributed by atoms with Gasteiger partial charge in [-0.25, -0.2) is 12.8 Å². The molecule has 118 valence electrons. The predicted octanol–water partition coefficient (Wildman–Crippen LogP) is 5.00. The molecule has 3 nitrogen and oxygen atoms in total. The van der Waals surface area contributed by atoms with E-state index in [0.717, 1.165) is 10.4 Å². The van der Waals surface area contributed by atoms with Gasteiger partial charge in [0.05, 0.1) is 10.7 Å². The van der Waals surface area contributed by atoms with Crippen LogP contribution in [0, 0.1) is 5.82 Å². The van der Waals surface area contributed by atoms with Gasteiger partial charge in [-0.05, 0) is 43.3 Å². The minimum Gasteiger partial charge on any atom is -0.264 e. The molecule has 0 bridgehead atoms. The molecule has 0 radical (unpaired) electrons. The lowest BCUT2D eigenvalue weighted by Crippen LogP contribution is -2.31. The molecule has 0 spiro atoms. The molecular weight excluding hydrogens is 372 g/mol. The van der Waals surface area contributed by atoms with Crippen LogP contribution in [0.4, 0.5) is 10.1 Å². The van der Waals surface area contributed by atoms with Crippen molar-refractivity contribution in [1.29, 1.82) is 0 Å². The van der Waals surface area contributed by atoms with Crippen LogP contribution in [0.5, 0.6) is 0 Å². The summed E-state index contributed by atoms with van der Waals surface area (Å²) in [7, 11) is -4.06. The van der Waals surface area contributed by atoms with Gasteiger partial charge in [0.25, 0.3) is 10.0 Å².